The molecule has 9 heteroatoms. The maximum atomic E-state index is 12.2. The second-order valence-electron chi connectivity index (χ2n) is 5.48. The molecule has 3 aromatic rings. The van der Waals surface area contributed by atoms with Crippen LogP contribution in [-0.4, -0.2) is 26.5 Å². The summed E-state index contributed by atoms with van der Waals surface area (Å²) in [6.45, 7) is 1.88. The van der Waals surface area contributed by atoms with Crippen molar-refractivity contribution in [3.05, 3.63) is 58.1 Å². The molecule has 2 aromatic carbocycles. The fourth-order valence-electron chi connectivity index (χ4n) is 2.28. The molecule has 0 radical (unpaired) electrons. The number of amides is 1. The Balaban J connectivity index is 1.66. The van der Waals surface area contributed by atoms with E-state index in [9.17, 15) is 4.79 Å². The minimum absolute atomic E-state index is 0.146. The normalized spacial score (nSPS) is 10.7. The number of anilines is 1. The number of nitrogens with one attached hydrogen (secondary N) is 1. The van der Waals surface area contributed by atoms with Gasteiger partial charge < -0.3 is 11.2 Å². The van der Waals surface area contributed by atoms with E-state index in [1.165, 1.54) is 16.4 Å². The Morgan fingerprint density at radius 3 is 2.69 bits per heavy atom. The highest BCUT2D eigenvalue weighted by Gasteiger charge is 2.14. The molecule has 0 atom stereocenters. The molecule has 0 fully saturated rings. The summed E-state index contributed by atoms with van der Waals surface area (Å²) in [5.74, 6) is 6.49. The maximum absolute atomic E-state index is 12.2. The van der Waals surface area contributed by atoms with E-state index < -0.39 is 0 Å². The summed E-state index contributed by atoms with van der Waals surface area (Å²) < 4.78 is 1.34. The molecule has 134 valence electrons. The molecule has 0 spiro atoms. The van der Waals surface area contributed by atoms with Crippen molar-refractivity contribution in [3.63, 3.8) is 0 Å². The van der Waals surface area contributed by atoms with Crippen molar-refractivity contribution in [3.8, 4) is 11.4 Å². The van der Waals surface area contributed by atoms with E-state index >= 15 is 0 Å². The predicted molar refractivity (Wildman–Crippen MR) is 106 cm³/mol. The van der Waals surface area contributed by atoms with Gasteiger partial charge in [0.15, 0.2) is 5.82 Å². The van der Waals surface area contributed by atoms with Crippen LogP contribution in [0.25, 0.3) is 11.4 Å². The van der Waals surface area contributed by atoms with Crippen LogP contribution in [0.15, 0.2) is 47.6 Å². The average Bonchev–Trinajstić information content (AvgIpc) is 2.96. The molecule has 3 N–H and O–H groups in total. The Kier molecular flexibility index (Phi) is 5.70. The first-order chi connectivity index (χ1) is 12.4. The van der Waals surface area contributed by atoms with E-state index in [4.69, 9.17) is 29.0 Å². The Morgan fingerprint density at radius 2 is 1.96 bits per heavy atom. The number of rotatable bonds is 5. The molecule has 6 nitrogen and oxygen atoms in total. The molecular weight excluding hydrogens is 393 g/mol. The van der Waals surface area contributed by atoms with Crippen LogP contribution in [0.4, 0.5) is 5.69 Å². The van der Waals surface area contributed by atoms with Gasteiger partial charge in [0.25, 0.3) is 0 Å². The number of thioether (sulfide) groups is 1. The molecule has 0 aliphatic carbocycles. The number of nitrogen functional groups attached to an aromatic ring is 1. The number of benzene rings is 2. The Labute approximate surface area is 164 Å². The molecule has 0 bridgehead atoms. The van der Waals surface area contributed by atoms with Gasteiger partial charge in [-0.2, -0.15) is 0 Å². The number of carbonyl (C=O) groups is 1. The lowest BCUT2D eigenvalue weighted by atomic mass is 10.2. The van der Waals surface area contributed by atoms with E-state index in [0.717, 1.165) is 11.1 Å². The number of halogens is 2. The Bertz CT molecular complexity index is 960. The Morgan fingerprint density at radius 1 is 1.19 bits per heavy atom. The summed E-state index contributed by atoms with van der Waals surface area (Å²) in [4.78, 5) is 12.2. The maximum Gasteiger partial charge on any atom is 0.234 e. The highest BCUT2D eigenvalue weighted by Crippen LogP contribution is 2.24. The quantitative estimate of drug-likeness (QED) is 0.492. The van der Waals surface area contributed by atoms with Gasteiger partial charge >= 0.3 is 0 Å². The number of nitrogens with two attached hydrogens (primary N) is 1. The topological polar surface area (TPSA) is 85.8 Å². The summed E-state index contributed by atoms with van der Waals surface area (Å²) in [6, 6.07) is 12.4. The lowest BCUT2D eigenvalue weighted by Crippen LogP contribution is -2.17. The molecule has 0 aliphatic heterocycles. The summed E-state index contributed by atoms with van der Waals surface area (Å²) in [5, 5.41) is 12.6. The van der Waals surface area contributed by atoms with Crippen molar-refractivity contribution in [2.45, 2.75) is 12.1 Å². The van der Waals surface area contributed by atoms with Crippen LogP contribution in [0.3, 0.4) is 0 Å². The van der Waals surface area contributed by atoms with E-state index in [2.05, 4.69) is 15.5 Å². The van der Waals surface area contributed by atoms with Crippen molar-refractivity contribution < 1.29 is 4.79 Å². The van der Waals surface area contributed by atoms with Crippen molar-refractivity contribution in [2.75, 3.05) is 16.9 Å². The van der Waals surface area contributed by atoms with E-state index in [-0.39, 0.29) is 11.7 Å². The molecule has 26 heavy (non-hydrogen) atoms. The molecule has 3 rings (SSSR count). The van der Waals surface area contributed by atoms with Crippen LogP contribution >= 0.6 is 35.0 Å². The van der Waals surface area contributed by atoms with Crippen LogP contribution in [0.5, 0.6) is 0 Å². The average molecular weight is 408 g/mol. The van der Waals surface area contributed by atoms with Gasteiger partial charge in [0.05, 0.1) is 5.75 Å². The first-order valence-corrected chi connectivity index (χ1v) is 9.33. The highest BCUT2D eigenvalue weighted by atomic mass is 35.5. The molecule has 1 aromatic heterocycles. The van der Waals surface area contributed by atoms with Gasteiger partial charge in [-0.1, -0.05) is 47.1 Å². The van der Waals surface area contributed by atoms with Gasteiger partial charge in [-0.05, 0) is 42.8 Å². The zero-order valence-electron chi connectivity index (χ0n) is 13.7. The smallest absolute Gasteiger partial charge is 0.234 e. The lowest BCUT2D eigenvalue weighted by molar-refractivity contribution is -0.113. The summed E-state index contributed by atoms with van der Waals surface area (Å²) in [7, 11) is 0. The molecular formula is C17H15Cl2N5OS. The molecule has 1 heterocycles. The number of aryl methyl sites for hydroxylation is 1. The first-order valence-electron chi connectivity index (χ1n) is 7.59. The lowest BCUT2D eigenvalue weighted by Gasteiger charge is -2.08. The van der Waals surface area contributed by atoms with Crippen LogP contribution in [-0.2, 0) is 4.79 Å². The van der Waals surface area contributed by atoms with E-state index in [1.807, 2.05) is 13.0 Å². The monoisotopic (exact) mass is 407 g/mol. The summed E-state index contributed by atoms with van der Waals surface area (Å²) in [5.41, 5.74) is 2.36. The number of carbonyl (C=O) groups excluding carboxylic acids is 1. The van der Waals surface area contributed by atoms with E-state index in [0.29, 0.717) is 26.7 Å². The number of hydrogen-bond acceptors (Lipinski definition) is 5. The van der Waals surface area contributed by atoms with Gasteiger partial charge in [0.2, 0.25) is 11.1 Å². The van der Waals surface area contributed by atoms with Gasteiger partial charge in [-0.25, -0.2) is 4.68 Å². The van der Waals surface area contributed by atoms with E-state index in [1.54, 1.807) is 36.4 Å². The number of hydrogen-bond donors (Lipinski definition) is 2. The van der Waals surface area contributed by atoms with Crippen LogP contribution in [0, 0.1) is 6.92 Å². The van der Waals surface area contributed by atoms with Crippen LogP contribution in [0.1, 0.15) is 5.56 Å². The largest absolute Gasteiger partial charge is 0.335 e. The summed E-state index contributed by atoms with van der Waals surface area (Å²) >= 11 is 13.1. The summed E-state index contributed by atoms with van der Waals surface area (Å²) in [6.07, 6.45) is 0. The zero-order chi connectivity index (χ0) is 18.7. The first kappa shape index (κ1) is 18.6. The minimum atomic E-state index is -0.173. The van der Waals surface area contributed by atoms with Gasteiger partial charge in [-0.3, -0.25) is 4.79 Å². The van der Waals surface area contributed by atoms with Crippen molar-refractivity contribution >= 4 is 46.6 Å². The van der Waals surface area contributed by atoms with Gasteiger partial charge in [-0.15, -0.1) is 10.2 Å². The SMILES string of the molecule is Cc1cc(Cl)ccc1NC(=O)CSc1nnc(-c2cccc(Cl)c2)n1N. The third-order valence-corrected chi connectivity index (χ3v) is 4.96. The van der Waals surface area contributed by atoms with Gasteiger partial charge in [0.1, 0.15) is 0 Å². The Hall–Kier alpha value is -2.22. The van der Waals surface area contributed by atoms with Crippen molar-refractivity contribution in [2.24, 2.45) is 0 Å². The second-order valence-corrected chi connectivity index (χ2v) is 7.30. The predicted octanol–water partition coefficient (Wildman–Crippen LogP) is 4.00. The molecule has 0 saturated carbocycles. The highest BCUT2D eigenvalue weighted by molar-refractivity contribution is 7.99. The fraction of sp³-hybridized carbons (Fsp3) is 0.118. The van der Waals surface area contributed by atoms with Crippen LogP contribution in [0.2, 0.25) is 10.0 Å². The molecule has 0 aliphatic rings. The molecule has 0 saturated heterocycles. The van der Waals surface area contributed by atoms with Crippen molar-refractivity contribution in [1.82, 2.24) is 14.9 Å². The fourth-order valence-corrected chi connectivity index (χ4v) is 3.36. The third-order valence-electron chi connectivity index (χ3n) is 3.54. The van der Waals surface area contributed by atoms with Crippen LogP contribution < -0.4 is 11.2 Å². The minimum Gasteiger partial charge on any atom is -0.335 e. The second kappa shape index (κ2) is 7.99. The molecule has 0 unspecified atom stereocenters. The number of aromatic nitrogens is 3. The van der Waals surface area contributed by atoms with Crippen molar-refractivity contribution in [1.29, 1.82) is 0 Å². The van der Waals surface area contributed by atoms with Gasteiger partial charge in [0, 0.05) is 21.3 Å². The zero-order valence-corrected chi connectivity index (χ0v) is 16.1. The third kappa shape index (κ3) is 4.30. The standard InChI is InChI=1S/C17H15Cl2N5OS/c1-10-7-13(19)5-6-14(10)21-15(25)9-26-17-23-22-16(24(17)20)11-3-2-4-12(18)8-11/h2-8H,9,20H2,1H3,(H,21,25). The molecule has 1 amide bonds. The number of nitrogens with zero attached hydrogens (tertiary/aromatic N) is 3.